The number of hydrazone groups is 1. The maximum atomic E-state index is 11.7. The van der Waals surface area contributed by atoms with Gasteiger partial charge in [0.05, 0.1) is 17.7 Å². The van der Waals surface area contributed by atoms with Gasteiger partial charge < -0.3 is 4.98 Å². The minimum atomic E-state index is -0.674. The van der Waals surface area contributed by atoms with Gasteiger partial charge in [-0.2, -0.15) is 5.10 Å². The lowest BCUT2D eigenvalue weighted by Gasteiger charge is -2.01. The summed E-state index contributed by atoms with van der Waals surface area (Å²) in [6.07, 6.45) is 1.17. The molecule has 0 saturated carbocycles. The Morgan fingerprint density at radius 1 is 1.23 bits per heavy atom. The van der Waals surface area contributed by atoms with Crippen LogP contribution in [-0.4, -0.2) is 22.1 Å². The molecule has 2 rings (SSSR count). The summed E-state index contributed by atoms with van der Waals surface area (Å²) in [5.41, 5.74) is 1.78. The quantitative estimate of drug-likeness (QED) is 0.572. The summed E-state index contributed by atoms with van der Waals surface area (Å²) in [6.45, 7) is 0. The van der Waals surface area contributed by atoms with Crippen LogP contribution < -0.4 is 16.7 Å². The molecule has 0 unspecified atom stereocenters. The van der Waals surface area contributed by atoms with Crippen LogP contribution in [0.4, 0.5) is 0 Å². The van der Waals surface area contributed by atoms with Gasteiger partial charge in [-0.1, -0.05) is 29.3 Å². The lowest BCUT2D eigenvalue weighted by Crippen LogP contribution is -2.26. The molecule has 1 heterocycles. The number of amides is 1. The maximum Gasteiger partial charge on any atom is 0.325 e. The fourth-order valence-corrected chi connectivity index (χ4v) is 2.06. The second kappa shape index (κ2) is 7.06. The Kier molecular flexibility index (Phi) is 5.13. The predicted molar refractivity (Wildman–Crippen MR) is 83.6 cm³/mol. The molecule has 0 aliphatic rings. The van der Waals surface area contributed by atoms with Crippen LogP contribution in [0.15, 0.2) is 39.0 Å². The molecule has 1 aromatic heterocycles. The highest BCUT2D eigenvalue weighted by Gasteiger charge is 2.04. The van der Waals surface area contributed by atoms with E-state index in [4.69, 9.17) is 23.2 Å². The molecule has 22 heavy (non-hydrogen) atoms. The average Bonchev–Trinajstić information content (AvgIpc) is 2.40. The van der Waals surface area contributed by atoms with Gasteiger partial charge in [0.2, 0.25) is 5.91 Å². The third kappa shape index (κ3) is 4.57. The predicted octanol–water partition coefficient (Wildman–Crippen LogP) is 1.06. The molecule has 0 fully saturated rings. The van der Waals surface area contributed by atoms with Gasteiger partial charge in [0.15, 0.2) is 0 Å². The average molecular weight is 341 g/mol. The van der Waals surface area contributed by atoms with Gasteiger partial charge in [0, 0.05) is 22.3 Å². The minimum Gasteiger partial charge on any atom is -0.311 e. The molecule has 0 aliphatic heterocycles. The minimum absolute atomic E-state index is 0.186. The molecule has 0 saturated heterocycles. The first-order valence-corrected chi connectivity index (χ1v) is 6.79. The highest BCUT2D eigenvalue weighted by Crippen LogP contribution is 2.19. The van der Waals surface area contributed by atoms with Crippen molar-refractivity contribution in [1.29, 1.82) is 0 Å². The molecule has 114 valence electrons. The third-order valence-electron chi connectivity index (χ3n) is 2.52. The molecule has 0 aliphatic carbocycles. The van der Waals surface area contributed by atoms with Gasteiger partial charge in [-0.3, -0.25) is 14.6 Å². The summed E-state index contributed by atoms with van der Waals surface area (Å²) in [6, 6.07) is 5.96. The number of carbonyl (C=O) groups excluding carboxylic acids is 1. The molecular weight excluding hydrogens is 331 g/mol. The summed E-state index contributed by atoms with van der Waals surface area (Å²) in [4.78, 5) is 38.2. The van der Waals surface area contributed by atoms with E-state index in [0.717, 1.165) is 6.07 Å². The van der Waals surface area contributed by atoms with E-state index in [1.165, 1.54) is 6.21 Å². The van der Waals surface area contributed by atoms with Crippen molar-refractivity contribution in [1.82, 2.24) is 15.4 Å². The molecular formula is C13H10Cl2N4O3. The van der Waals surface area contributed by atoms with Crippen molar-refractivity contribution < 1.29 is 4.79 Å². The Bertz CT molecular complexity index is 813. The Morgan fingerprint density at radius 2 is 2.00 bits per heavy atom. The number of carbonyl (C=O) groups is 1. The third-order valence-corrected chi connectivity index (χ3v) is 3.08. The van der Waals surface area contributed by atoms with Crippen molar-refractivity contribution in [2.45, 2.75) is 6.42 Å². The standard InChI is InChI=1S/C13H10Cl2N4O3/c14-8-2-1-7(10(15)3-8)6-16-19-12(21)5-9-4-11(20)18-13(22)17-9/h1-4,6H,5H2,(H,19,21)(H2,17,18,20,22). The number of hydrogen-bond donors (Lipinski definition) is 3. The van der Waals surface area contributed by atoms with E-state index in [2.05, 4.69) is 15.5 Å². The van der Waals surface area contributed by atoms with Crippen molar-refractivity contribution in [2.75, 3.05) is 0 Å². The van der Waals surface area contributed by atoms with Crippen LogP contribution in [0.25, 0.3) is 0 Å². The molecule has 0 bridgehead atoms. The van der Waals surface area contributed by atoms with Gasteiger partial charge in [-0.05, 0) is 12.1 Å². The normalized spacial score (nSPS) is 10.8. The number of H-pyrrole nitrogens is 2. The molecule has 0 spiro atoms. The zero-order valence-corrected chi connectivity index (χ0v) is 12.5. The number of nitrogens with zero attached hydrogens (tertiary/aromatic N) is 1. The highest BCUT2D eigenvalue weighted by atomic mass is 35.5. The van der Waals surface area contributed by atoms with Gasteiger partial charge in [-0.25, -0.2) is 10.2 Å². The number of halogens is 2. The molecule has 1 aromatic carbocycles. The lowest BCUT2D eigenvalue weighted by atomic mass is 10.2. The van der Waals surface area contributed by atoms with Crippen LogP contribution in [-0.2, 0) is 11.2 Å². The maximum absolute atomic E-state index is 11.7. The van der Waals surface area contributed by atoms with Crippen LogP contribution in [0.1, 0.15) is 11.3 Å². The second-order valence-corrected chi connectivity index (χ2v) is 5.09. The number of aromatic nitrogens is 2. The summed E-state index contributed by atoms with van der Waals surface area (Å²) in [5.74, 6) is -0.498. The smallest absolute Gasteiger partial charge is 0.311 e. The van der Waals surface area contributed by atoms with Gasteiger partial charge in [-0.15, -0.1) is 0 Å². The largest absolute Gasteiger partial charge is 0.325 e. The zero-order valence-electron chi connectivity index (χ0n) is 11.0. The molecule has 9 heteroatoms. The van der Waals surface area contributed by atoms with Crippen molar-refractivity contribution in [2.24, 2.45) is 5.10 Å². The Balaban J connectivity index is 1.99. The number of nitrogens with one attached hydrogen (secondary N) is 3. The van der Waals surface area contributed by atoms with Gasteiger partial charge >= 0.3 is 5.69 Å². The van der Waals surface area contributed by atoms with Crippen LogP contribution >= 0.6 is 23.2 Å². The zero-order chi connectivity index (χ0) is 16.1. The second-order valence-electron chi connectivity index (χ2n) is 4.25. The Labute approximate surface area is 134 Å². The van der Waals surface area contributed by atoms with Gasteiger partial charge in [0.1, 0.15) is 0 Å². The van der Waals surface area contributed by atoms with E-state index in [9.17, 15) is 14.4 Å². The molecule has 2 aromatic rings. The summed E-state index contributed by atoms with van der Waals surface area (Å²) >= 11 is 11.7. The van der Waals surface area contributed by atoms with Crippen molar-refractivity contribution in [3.63, 3.8) is 0 Å². The lowest BCUT2D eigenvalue weighted by molar-refractivity contribution is -0.120. The first kappa shape index (κ1) is 16.0. The number of rotatable bonds is 4. The van der Waals surface area contributed by atoms with E-state index >= 15 is 0 Å². The number of aromatic amines is 2. The number of hydrogen-bond acceptors (Lipinski definition) is 4. The summed E-state index contributed by atoms with van der Waals surface area (Å²) in [7, 11) is 0. The first-order chi connectivity index (χ1) is 10.4. The van der Waals surface area contributed by atoms with Crippen LogP contribution in [0.2, 0.25) is 10.0 Å². The van der Waals surface area contributed by atoms with Crippen LogP contribution in [0, 0.1) is 0 Å². The fourth-order valence-electron chi connectivity index (χ4n) is 1.61. The first-order valence-electron chi connectivity index (χ1n) is 6.03. The van der Waals surface area contributed by atoms with E-state index in [1.54, 1.807) is 18.2 Å². The van der Waals surface area contributed by atoms with Crippen LogP contribution in [0.3, 0.4) is 0 Å². The SMILES string of the molecule is O=C(Cc1cc(=O)[nH]c(=O)[nH]1)NN=Cc1ccc(Cl)cc1Cl. The Hall–Kier alpha value is -2.38. The van der Waals surface area contributed by atoms with Crippen molar-refractivity contribution in [3.05, 3.63) is 66.4 Å². The summed E-state index contributed by atoms with van der Waals surface area (Å²) < 4.78 is 0. The van der Waals surface area contributed by atoms with Gasteiger partial charge in [0.25, 0.3) is 5.56 Å². The van der Waals surface area contributed by atoms with E-state index in [1.807, 2.05) is 4.98 Å². The summed E-state index contributed by atoms with van der Waals surface area (Å²) in [5, 5.41) is 4.63. The van der Waals surface area contributed by atoms with Crippen molar-refractivity contribution in [3.8, 4) is 0 Å². The molecule has 3 N–H and O–H groups in total. The molecule has 0 radical (unpaired) electrons. The molecule has 1 amide bonds. The molecule has 0 atom stereocenters. The molecule has 7 nitrogen and oxygen atoms in total. The van der Waals surface area contributed by atoms with E-state index in [0.29, 0.717) is 15.6 Å². The van der Waals surface area contributed by atoms with E-state index in [-0.39, 0.29) is 12.1 Å². The Morgan fingerprint density at radius 3 is 2.68 bits per heavy atom. The topological polar surface area (TPSA) is 107 Å². The van der Waals surface area contributed by atoms with Crippen LogP contribution in [0.5, 0.6) is 0 Å². The monoisotopic (exact) mass is 340 g/mol. The fraction of sp³-hybridized carbons (Fsp3) is 0.0769. The van der Waals surface area contributed by atoms with E-state index < -0.39 is 17.2 Å². The number of benzene rings is 1. The van der Waals surface area contributed by atoms with Crippen molar-refractivity contribution >= 4 is 35.3 Å². The highest BCUT2D eigenvalue weighted by molar-refractivity contribution is 6.36.